The highest BCUT2D eigenvalue weighted by Crippen LogP contribution is 2.18. The summed E-state index contributed by atoms with van der Waals surface area (Å²) < 4.78 is 0. The lowest BCUT2D eigenvalue weighted by molar-refractivity contribution is -0.138. The maximum atomic E-state index is 12.4. The predicted octanol–water partition coefficient (Wildman–Crippen LogP) is 1.88. The Balaban J connectivity index is 2.64. The second kappa shape index (κ2) is 6.24. The molecule has 1 rings (SSSR count). The third-order valence-corrected chi connectivity index (χ3v) is 3.61. The van der Waals surface area contributed by atoms with Gasteiger partial charge in [-0.1, -0.05) is 27.7 Å². The van der Waals surface area contributed by atoms with Gasteiger partial charge in [0.2, 0.25) is 5.91 Å². The van der Waals surface area contributed by atoms with Crippen LogP contribution in [0.1, 0.15) is 40.5 Å². The third-order valence-electron chi connectivity index (χ3n) is 3.61. The van der Waals surface area contributed by atoms with Crippen LogP contribution in [-0.4, -0.2) is 36.5 Å². The van der Waals surface area contributed by atoms with Crippen LogP contribution in [-0.2, 0) is 4.79 Å². The first kappa shape index (κ1) is 13.5. The number of hydrogen-bond acceptors (Lipinski definition) is 2. The molecule has 1 saturated heterocycles. The standard InChI is InChI=1S/C13H26N2O/c1-5-8-15(12-6-7-14-9-12)13(16)11(4)10(2)3/h10-12,14H,5-9H2,1-4H3. The van der Waals surface area contributed by atoms with Crippen molar-refractivity contribution in [1.29, 1.82) is 0 Å². The summed E-state index contributed by atoms with van der Waals surface area (Å²) in [6.45, 7) is 11.4. The molecule has 0 aliphatic carbocycles. The summed E-state index contributed by atoms with van der Waals surface area (Å²) in [5.74, 6) is 0.916. The molecule has 1 fully saturated rings. The van der Waals surface area contributed by atoms with Crippen molar-refractivity contribution in [2.45, 2.75) is 46.6 Å². The number of rotatable bonds is 5. The Morgan fingerprint density at radius 3 is 2.56 bits per heavy atom. The van der Waals surface area contributed by atoms with Gasteiger partial charge in [0, 0.05) is 25.0 Å². The van der Waals surface area contributed by atoms with Crippen LogP contribution in [0, 0.1) is 11.8 Å². The zero-order valence-electron chi connectivity index (χ0n) is 11.1. The first-order valence-electron chi connectivity index (χ1n) is 6.59. The van der Waals surface area contributed by atoms with Crippen molar-refractivity contribution in [3.63, 3.8) is 0 Å². The Labute approximate surface area is 99.6 Å². The Kier molecular flexibility index (Phi) is 5.26. The van der Waals surface area contributed by atoms with Crippen LogP contribution < -0.4 is 5.32 Å². The van der Waals surface area contributed by atoms with Crippen molar-refractivity contribution in [2.75, 3.05) is 19.6 Å². The van der Waals surface area contributed by atoms with Gasteiger partial charge in [-0.3, -0.25) is 4.79 Å². The van der Waals surface area contributed by atoms with Gasteiger partial charge >= 0.3 is 0 Å². The summed E-state index contributed by atoms with van der Waals surface area (Å²) >= 11 is 0. The molecule has 1 heterocycles. The Morgan fingerprint density at radius 1 is 1.44 bits per heavy atom. The number of carbonyl (C=O) groups excluding carboxylic acids is 1. The lowest BCUT2D eigenvalue weighted by Gasteiger charge is -2.32. The number of hydrogen-bond donors (Lipinski definition) is 1. The largest absolute Gasteiger partial charge is 0.338 e. The highest BCUT2D eigenvalue weighted by Gasteiger charge is 2.29. The summed E-state index contributed by atoms with van der Waals surface area (Å²) in [5, 5.41) is 3.34. The summed E-state index contributed by atoms with van der Waals surface area (Å²) in [6, 6.07) is 0.425. The van der Waals surface area contributed by atoms with Gasteiger partial charge < -0.3 is 10.2 Å². The lowest BCUT2D eigenvalue weighted by Crippen LogP contribution is -2.45. The minimum Gasteiger partial charge on any atom is -0.338 e. The molecule has 0 bridgehead atoms. The van der Waals surface area contributed by atoms with Gasteiger partial charge in [-0.2, -0.15) is 0 Å². The van der Waals surface area contributed by atoms with E-state index >= 15 is 0 Å². The predicted molar refractivity (Wildman–Crippen MR) is 67.3 cm³/mol. The molecule has 3 heteroatoms. The lowest BCUT2D eigenvalue weighted by atomic mass is 9.95. The van der Waals surface area contributed by atoms with Gasteiger partial charge in [0.1, 0.15) is 0 Å². The zero-order valence-corrected chi connectivity index (χ0v) is 11.1. The second-order valence-corrected chi connectivity index (χ2v) is 5.21. The maximum absolute atomic E-state index is 12.4. The molecule has 3 nitrogen and oxygen atoms in total. The van der Waals surface area contributed by atoms with E-state index in [4.69, 9.17) is 0 Å². The number of nitrogens with zero attached hydrogens (tertiary/aromatic N) is 1. The van der Waals surface area contributed by atoms with Crippen LogP contribution in [0.2, 0.25) is 0 Å². The van der Waals surface area contributed by atoms with Crippen molar-refractivity contribution in [2.24, 2.45) is 11.8 Å². The van der Waals surface area contributed by atoms with Crippen LogP contribution in [0.5, 0.6) is 0 Å². The van der Waals surface area contributed by atoms with Crippen LogP contribution in [0.25, 0.3) is 0 Å². The van der Waals surface area contributed by atoms with E-state index in [1.165, 1.54) is 0 Å². The van der Waals surface area contributed by atoms with Crippen LogP contribution in [0.3, 0.4) is 0 Å². The molecule has 1 aliphatic rings. The molecular weight excluding hydrogens is 200 g/mol. The van der Waals surface area contributed by atoms with E-state index in [0.717, 1.165) is 32.5 Å². The Morgan fingerprint density at radius 2 is 2.12 bits per heavy atom. The monoisotopic (exact) mass is 226 g/mol. The summed E-state index contributed by atoms with van der Waals surface area (Å²) in [5.41, 5.74) is 0. The molecule has 94 valence electrons. The topological polar surface area (TPSA) is 32.3 Å². The maximum Gasteiger partial charge on any atom is 0.225 e. The summed E-state index contributed by atoms with van der Waals surface area (Å²) in [6.07, 6.45) is 2.16. The smallest absolute Gasteiger partial charge is 0.225 e. The quantitative estimate of drug-likeness (QED) is 0.776. The third kappa shape index (κ3) is 3.21. The number of carbonyl (C=O) groups is 1. The normalized spacial score (nSPS) is 22.4. The van der Waals surface area contributed by atoms with E-state index in [2.05, 4.69) is 37.9 Å². The number of nitrogens with one attached hydrogen (secondary N) is 1. The SMILES string of the molecule is CCCN(C(=O)C(C)C(C)C)C1CCNC1. The molecule has 0 aromatic heterocycles. The van der Waals surface area contributed by atoms with E-state index in [1.54, 1.807) is 0 Å². The zero-order chi connectivity index (χ0) is 12.1. The number of amides is 1. The van der Waals surface area contributed by atoms with Crippen LogP contribution in [0.4, 0.5) is 0 Å². The minimum atomic E-state index is 0.146. The van der Waals surface area contributed by atoms with E-state index in [-0.39, 0.29) is 5.92 Å². The summed E-state index contributed by atoms with van der Waals surface area (Å²) in [4.78, 5) is 14.5. The van der Waals surface area contributed by atoms with Gasteiger partial charge in [-0.25, -0.2) is 0 Å². The fraction of sp³-hybridized carbons (Fsp3) is 0.923. The molecule has 0 aromatic rings. The Hall–Kier alpha value is -0.570. The first-order chi connectivity index (χ1) is 7.57. The van der Waals surface area contributed by atoms with Crippen molar-refractivity contribution in [1.82, 2.24) is 10.2 Å². The van der Waals surface area contributed by atoms with Crippen LogP contribution >= 0.6 is 0 Å². The fourth-order valence-corrected chi connectivity index (χ4v) is 2.17. The molecule has 0 saturated carbocycles. The van der Waals surface area contributed by atoms with Crippen LogP contribution in [0.15, 0.2) is 0 Å². The average Bonchev–Trinajstić information content (AvgIpc) is 2.76. The van der Waals surface area contributed by atoms with Gasteiger partial charge in [0.15, 0.2) is 0 Å². The van der Waals surface area contributed by atoms with E-state index < -0.39 is 0 Å². The van der Waals surface area contributed by atoms with Crippen molar-refractivity contribution < 1.29 is 4.79 Å². The van der Waals surface area contributed by atoms with Gasteiger partial charge in [-0.05, 0) is 25.3 Å². The molecule has 2 unspecified atom stereocenters. The van der Waals surface area contributed by atoms with Gasteiger partial charge in [0.25, 0.3) is 0 Å². The molecule has 2 atom stereocenters. The van der Waals surface area contributed by atoms with Crippen molar-refractivity contribution >= 4 is 5.91 Å². The molecule has 1 N–H and O–H groups in total. The molecular formula is C13H26N2O. The Bertz CT molecular complexity index is 222. The average molecular weight is 226 g/mol. The molecule has 0 aromatic carbocycles. The highest BCUT2D eigenvalue weighted by molar-refractivity contribution is 5.79. The van der Waals surface area contributed by atoms with Gasteiger partial charge in [-0.15, -0.1) is 0 Å². The van der Waals surface area contributed by atoms with Crippen molar-refractivity contribution in [3.8, 4) is 0 Å². The van der Waals surface area contributed by atoms with Crippen molar-refractivity contribution in [3.05, 3.63) is 0 Å². The minimum absolute atomic E-state index is 0.146. The first-order valence-corrected chi connectivity index (χ1v) is 6.59. The van der Waals surface area contributed by atoms with E-state index in [9.17, 15) is 4.79 Å². The molecule has 0 radical (unpaired) electrons. The van der Waals surface area contributed by atoms with Gasteiger partial charge in [0.05, 0.1) is 0 Å². The highest BCUT2D eigenvalue weighted by atomic mass is 16.2. The second-order valence-electron chi connectivity index (χ2n) is 5.21. The summed E-state index contributed by atoms with van der Waals surface area (Å²) in [7, 11) is 0. The molecule has 0 spiro atoms. The molecule has 1 aliphatic heterocycles. The molecule has 1 amide bonds. The fourth-order valence-electron chi connectivity index (χ4n) is 2.17. The molecule has 16 heavy (non-hydrogen) atoms. The van der Waals surface area contributed by atoms with E-state index in [1.807, 2.05) is 0 Å². The van der Waals surface area contributed by atoms with E-state index in [0.29, 0.717) is 17.9 Å².